The predicted molar refractivity (Wildman–Crippen MR) is 92.0 cm³/mol. The van der Waals surface area contributed by atoms with E-state index < -0.39 is 17.6 Å². The lowest BCUT2D eigenvalue weighted by molar-refractivity contribution is 0.0627. The Kier molecular flexibility index (Phi) is 5.51. The predicted octanol–water partition coefficient (Wildman–Crippen LogP) is 1.89. The monoisotopic (exact) mass is 329 g/mol. The molecule has 0 spiro atoms. The minimum absolute atomic E-state index is 0.104. The number of rotatable bonds is 5. The van der Waals surface area contributed by atoms with Crippen molar-refractivity contribution in [3.05, 3.63) is 62.8 Å². The van der Waals surface area contributed by atoms with Gasteiger partial charge in [-0.1, -0.05) is 29.8 Å². The Morgan fingerprint density at radius 2 is 1.88 bits per heavy atom. The number of aromatic amines is 1. The Morgan fingerprint density at radius 1 is 1.25 bits per heavy atom. The number of hydrogen-bond acceptors (Lipinski definition) is 4. The molecule has 0 saturated carbocycles. The molecule has 0 aliphatic rings. The molecule has 0 fully saturated rings. The first-order chi connectivity index (χ1) is 11.3. The highest BCUT2D eigenvalue weighted by Crippen LogP contribution is 2.16. The zero-order valence-corrected chi connectivity index (χ0v) is 14.5. The van der Waals surface area contributed by atoms with E-state index in [2.05, 4.69) is 9.97 Å². The zero-order chi connectivity index (χ0) is 17.9. The maximum Gasteiger partial charge on any atom is 0.279 e. The molecule has 1 heterocycles. The van der Waals surface area contributed by atoms with Gasteiger partial charge in [0.2, 0.25) is 0 Å². The van der Waals surface area contributed by atoms with Gasteiger partial charge in [-0.15, -0.1) is 0 Å². The molecule has 2 aromatic rings. The first-order valence-corrected chi connectivity index (χ1v) is 7.95. The molecule has 2 N–H and O–H groups in total. The number of carbonyl (C=O) groups is 1. The molecule has 1 atom stereocenters. The van der Waals surface area contributed by atoms with Crippen LogP contribution in [0.4, 0.5) is 0 Å². The molecule has 1 aromatic carbocycles. The van der Waals surface area contributed by atoms with E-state index in [4.69, 9.17) is 0 Å². The van der Waals surface area contributed by atoms with E-state index in [1.165, 1.54) is 4.90 Å². The molecule has 6 heteroatoms. The first kappa shape index (κ1) is 17.9. The lowest BCUT2D eigenvalue weighted by atomic mass is 10.1. The third kappa shape index (κ3) is 3.89. The van der Waals surface area contributed by atoms with Gasteiger partial charge in [-0.25, -0.2) is 4.98 Å². The lowest BCUT2D eigenvalue weighted by Crippen LogP contribution is -2.38. The molecule has 2 rings (SSSR count). The van der Waals surface area contributed by atoms with Crippen molar-refractivity contribution < 1.29 is 9.90 Å². The van der Waals surface area contributed by atoms with Gasteiger partial charge in [0.1, 0.15) is 0 Å². The van der Waals surface area contributed by atoms with Crippen molar-refractivity contribution >= 4 is 5.91 Å². The third-order valence-electron chi connectivity index (χ3n) is 4.07. The summed E-state index contributed by atoms with van der Waals surface area (Å²) in [5.41, 5.74) is 2.42. The van der Waals surface area contributed by atoms with Crippen molar-refractivity contribution in [2.24, 2.45) is 0 Å². The number of aryl methyl sites for hydroxylation is 3. The van der Waals surface area contributed by atoms with Crippen molar-refractivity contribution in [3.8, 4) is 0 Å². The largest absolute Gasteiger partial charge is 0.387 e. The second-order valence-electron chi connectivity index (χ2n) is 5.90. The number of amides is 1. The standard InChI is InChI=1S/C18H23N3O3/c1-5-21(10-15(22)14-8-6-11(2)7-9-14)18(24)16-17(23)20-13(4)12(3)19-16/h6-9,15,22H,5,10H2,1-4H3,(H,20,23)/t15-/m1/s1. The minimum atomic E-state index is -0.819. The number of aromatic nitrogens is 2. The van der Waals surface area contributed by atoms with Crippen LogP contribution >= 0.6 is 0 Å². The maximum atomic E-state index is 12.6. The van der Waals surface area contributed by atoms with Gasteiger partial charge in [0.25, 0.3) is 11.5 Å². The average molecular weight is 329 g/mol. The third-order valence-corrected chi connectivity index (χ3v) is 4.07. The van der Waals surface area contributed by atoms with Gasteiger partial charge in [0, 0.05) is 12.2 Å². The molecule has 0 saturated heterocycles. The molecule has 1 amide bonds. The molecule has 0 aliphatic heterocycles. The summed E-state index contributed by atoms with van der Waals surface area (Å²) < 4.78 is 0. The number of aliphatic hydroxyl groups is 1. The number of likely N-dealkylation sites (N-methyl/N-ethyl adjacent to an activating group) is 1. The molecule has 0 bridgehead atoms. The van der Waals surface area contributed by atoms with Crippen LogP contribution in [0.15, 0.2) is 29.1 Å². The number of carbonyl (C=O) groups excluding carboxylic acids is 1. The number of benzene rings is 1. The molecule has 0 aliphatic carbocycles. The molecule has 1 aromatic heterocycles. The SMILES string of the molecule is CCN(C[C@@H](O)c1ccc(C)cc1)C(=O)c1nc(C)c(C)[nH]c1=O. The van der Waals surface area contributed by atoms with E-state index in [9.17, 15) is 14.7 Å². The van der Waals surface area contributed by atoms with Crippen molar-refractivity contribution in [3.63, 3.8) is 0 Å². The Balaban J connectivity index is 2.22. The fourth-order valence-corrected chi connectivity index (χ4v) is 2.38. The maximum absolute atomic E-state index is 12.6. The highest BCUT2D eigenvalue weighted by Gasteiger charge is 2.23. The minimum Gasteiger partial charge on any atom is -0.387 e. The van der Waals surface area contributed by atoms with E-state index in [1.54, 1.807) is 20.8 Å². The summed E-state index contributed by atoms with van der Waals surface area (Å²) >= 11 is 0. The summed E-state index contributed by atoms with van der Waals surface area (Å²) in [7, 11) is 0. The lowest BCUT2D eigenvalue weighted by Gasteiger charge is -2.23. The zero-order valence-electron chi connectivity index (χ0n) is 14.5. The summed E-state index contributed by atoms with van der Waals surface area (Å²) in [6, 6.07) is 7.48. The summed E-state index contributed by atoms with van der Waals surface area (Å²) in [6.45, 7) is 7.71. The average Bonchev–Trinajstić information content (AvgIpc) is 2.55. The molecule has 6 nitrogen and oxygen atoms in total. The number of H-pyrrole nitrogens is 1. The van der Waals surface area contributed by atoms with Crippen LogP contribution in [0.3, 0.4) is 0 Å². The van der Waals surface area contributed by atoms with E-state index >= 15 is 0 Å². The summed E-state index contributed by atoms with van der Waals surface area (Å²) in [6.07, 6.45) is -0.819. The topological polar surface area (TPSA) is 86.3 Å². The highest BCUT2D eigenvalue weighted by atomic mass is 16.3. The second-order valence-corrected chi connectivity index (χ2v) is 5.90. The summed E-state index contributed by atoms with van der Waals surface area (Å²) in [5.74, 6) is -0.479. The van der Waals surface area contributed by atoms with Crippen molar-refractivity contribution in [1.82, 2.24) is 14.9 Å². The second kappa shape index (κ2) is 7.40. The molecule has 128 valence electrons. The number of aliphatic hydroxyl groups excluding tert-OH is 1. The van der Waals surface area contributed by atoms with Crippen LogP contribution in [0, 0.1) is 20.8 Å². The quantitative estimate of drug-likeness (QED) is 0.877. The Hall–Kier alpha value is -2.47. The number of hydrogen-bond donors (Lipinski definition) is 2. The van der Waals surface area contributed by atoms with Crippen LogP contribution in [0.5, 0.6) is 0 Å². The van der Waals surface area contributed by atoms with Gasteiger partial charge in [0.15, 0.2) is 5.69 Å². The normalized spacial score (nSPS) is 12.0. The van der Waals surface area contributed by atoms with E-state index in [-0.39, 0.29) is 12.2 Å². The van der Waals surface area contributed by atoms with Gasteiger partial charge >= 0.3 is 0 Å². The van der Waals surface area contributed by atoms with Crippen LogP contribution in [-0.4, -0.2) is 39.0 Å². The molecule has 0 unspecified atom stereocenters. The van der Waals surface area contributed by atoms with E-state index in [0.29, 0.717) is 17.9 Å². The Morgan fingerprint density at radius 3 is 2.46 bits per heavy atom. The van der Waals surface area contributed by atoms with Crippen LogP contribution < -0.4 is 5.56 Å². The van der Waals surface area contributed by atoms with E-state index in [1.807, 2.05) is 31.2 Å². The Labute approximate surface area is 141 Å². The van der Waals surface area contributed by atoms with Gasteiger partial charge in [0.05, 0.1) is 18.3 Å². The van der Waals surface area contributed by atoms with Crippen molar-refractivity contribution in [2.45, 2.75) is 33.8 Å². The van der Waals surface area contributed by atoms with Gasteiger partial charge in [-0.3, -0.25) is 9.59 Å². The highest BCUT2D eigenvalue weighted by molar-refractivity contribution is 5.92. The van der Waals surface area contributed by atoms with Gasteiger partial charge < -0.3 is 15.0 Å². The summed E-state index contributed by atoms with van der Waals surface area (Å²) in [4.78, 5) is 32.8. The summed E-state index contributed by atoms with van der Waals surface area (Å²) in [5, 5.41) is 10.4. The van der Waals surface area contributed by atoms with Crippen LogP contribution in [-0.2, 0) is 0 Å². The molecule has 24 heavy (non-hydrogen) atoms. The van der Waals surface area contributed by atoms with E-state index in [0.717, 1.165) is 11.1 Å². The van der Waals surface area contributed by atoms with Gasteiger partial charge in [-0.05, 0) is 33.3 Å². The molecular weight excluding hydrogens is 306 g/mol. The van der Waals surface area contributed by atoms with Crippen LogP contribution in [0.2, 0.25) is 0 Å². The fourth-order valence-electron chi connectivity index (χ4n) is 2.38. The Bertz CT molecular complexity index is 781. The number of nitrogens with zero attached hydrogens (tertiary/aromatic N) is 2. The number of nitrogens with one attached hydrogen (secondary N) is 1. The van der Waals surface area contributed by atoms with Crippen LogP contribution in [0.25, 0.3) is 0 Å². The van der Waals surface area contributed by atoms with Crippen molar-refractivity contribution in [2.75, 3.05) is 13.1 Å². The van der Waals surface area contributed by atoms with Gasteiger partial charge in [-0.2, -0.15) is 0 Å². The van der Waals surface area contributed by atoms with Crippen molar-refractivity contribution in [1.29, 1.82) is 0 Å². The van der Waals surface area contributed by atoms with Crippen LogP contribution in [0.1, 0.15) is 46.0 Å². The molecule has 0 radical (unpaired) electrons. The fraction of sp³-hybridized carbons (Fsp3) is 0.389. The smallest absolute Gasteiger partial charge is 0.279 e. The molecular formula is C18H23N3O3. The first-order valence-electron chi connectivity index (χ1n) is 7.95.